The third-order valence-corrected chi connectivity index (χ3v) is 10.0. The molecular weight excluding hydrogens is 597 g/mol. The SMILES string of the molecule is CCN(Cc1nc(-c2ccc3ncnc(Nc4ccc(OCc5cccc(F)c5)c(Cl)c4)c3c2)cs1)S(=O)(=O)C(C)C. The molecule has 0 bridgehead atoms. The number of sulfonamides is 1. The molecule has 42 heavy (non-hydrogen) atoms. The second-order valence-corrected chi connectivity index (χ2v) is 13.6. The molecule has 0 fully saturated rings. The Balaban J connectivity index is 1.34. The fourth-order valence-corrected chi connectivity index (χ4v) is 6.68. The van der Waals surface area contributed by atoms with Crippen LogP contribution in [0.5, 0.6) is 5.75 Å². The summed E-state index contributed by atoms with van der Waals surface area (Å²) >= 11 is 7.92. The van der Waals surface area contributed by atoms with Crippen LogP contribution in [0.4, 0.5) is 15.9 Å². The molecule has 0 saturated heterocycles. The van der Waals surface area contributed by atoms with Gasteiger partial charge in [0.25, 0.3) is 0 Å². The summed E-state index contributed by atoms with van der Waals surface area (Å²) in [6.07, 6.45) is 1.48. The molecule has 5 rings (SSSR count). The molecule has 1 N–H and O–H groups in total. The number of rotatable bonds is 11. The minimum Gasteiger partial charge on any atom is -0.487 e. The Morgan fingerprint density at radius 3 is 2.67 bits per heavy atom. The molecule has 5 aromatic rings. The number of halogens is 2. The third kappa shape index (κ3) is 6.70. The van der Waals surface area contributed by atoms with E-state index in [4.69, 9.17) is 21.3 Å². The van der Waals surface area contributed by atoms with Crippen molar-refractivity contribution in [1.82, 2.24) is 19.3 Å². The normalized spacial score (nSPS) is 11.9. The zero-order valence-corrected chi connectivity index (χ0v) is 25.6. The van der Waals surface area contributed by atoms with E-state index in [1.165, 1.54) is 34.1 Å². The maximum absolute atomic E-state index is 13.5. The number of aromatic nitrogens is 3. The molecule has 0 amide bonds. The maximum Gasteiger partial charge on any atom is 0.216 e. The molecule has 2 aromatic heterocycles. The van der Waals surface area contributed by atoms with E-state index in [-0.39, 0.29) is 19.0 Å². The van der Waals surface area contributed by atoms with Crippen LogP contribution in [0.25, 0.3) is 22.2 Å². The van der Waals surface area contributed by atoms with Crippen molar-refractivity contribution in [2.24, 2.45) is 0 Å². The number of benzene rings is 3. The summed E-state index contributed by atoms with van der Waals surface area (Å²) in [6, 6.07) is 17.3. The number of thiazole rings is 1. The Bertz CT molecular complexity index is 1830. The van der Waals surface area contributed by atoms with Gasteiger partial charge in [-0.1, -0.05) is 36.7 Å². The average molecular weight is 626 g/mol. The van der Waals surface area contributed by atoms with E-state index in [1.807, 2.05) is 36.6 Å². The Labute approximate surface area is 253 Å². The van der Waals surface area contributed by atoms with Crippen molar-refractivity contribution in [3.05, 3.63) is 93.8 Å². The topological polar surface area (TPSA) is 97.3 Å². The van der Waals surface area contributed by atoms with Crippen molar-refractivity contribution in [1.29, 1.82) is 0 Å². The van der Waals surface area contributed by atoms with Gasteiger partial charge < -0.3 is 10.1 Å². The van der Waals surface area contributed by atoms with Gasteiger partial charge in [0, 0.05) is 28.6 Å². The number of hydrogen-bond acceptors (Lipinski definition) is 8. The smallest absolute Gasteiger partial charge is 0.216 e. The fraction of sp³-hybridized carbons (Fsp3) is 0.233. The summed E-state index contributed by atoms with van der Waals surface area (Å²) in [7, 11) is -3.39. The lowest BCUT2D eigenvalue weighted by atomic mass is 10.1. The summed E-state index contributed by atoms with van der Waals surface area (Å²) in [5, 5.41) is 6.63. The lowest BCUT2D eigenvalue weighted by molar-refractivity contribution is 0.306. The van der Waals surface area contributed by atoms with Crippen LogP contribution in [-0.2, 0) is 23.2 Å². The second-order valence-electron chi connectivity index (χ2n) is 9.79. The first-order chi connectivity index (χ1) is 20.1. The first-order valence-electron chi connectivity index (χ1n) is 13.3. The quantitative estimate of drug-likeness (QED) is 0.163. The summed E-state index contributed by atoms with van der Waals surface area (Å²) in [5.41, 5.74) is 3.75. The highest BCUT2D eigenvalue weighted by Crippen LogP contribution is 2.33. The Hall–Kier alpha value is -3.64. The first kappa shape index (κ1) is 29.8. The van der Waals surface area contributed by atoms with Crippen LogP contribution in [0, 0.1) is 5.82 Å². The Morgan fingerprint density at radius 2 is 1.93 bits per heavy atom. The van der Waals surface area contributed by atoms with Gasteiger partial charge in [-0.25, -0.2) is 27.8 Å². The highest BCUT2D eigenvalue weighted by atomic mass is 35.5. The van der Waals surface area contributed by atoms with E-state index < -0.39 is 15.3 Å². The van der Waals surface area contributed by atoms with Gasteiger partial charge in [0.1, 0.15) is 35.3 Å². The number of anilines is 2. The van der Waals surface area contributed by atoms with Crippen molar-refractivity contribution in [2.45, 2.75) is 39.2 Å². The van der Waals surface area contributed by atoms with E-state index in [0.29, 0.717) is 39.4 Å². The second kappa shape index (κ2) is 12.7. The molecule has 8 nitrogen and oxygen atoms in total. The first-order valence-corrected chi connectivity index (χ1v) is 16.0. The van der Waals surface area contributed by atoms with Crippen LogP contribution < -0.4 is 10.1 Å². The van der Waals surface area contributed by atoms with Crippen LogP contribution >= 0.6 is 22.9 Å². The van der Waals surface area contributed by atoms with Crippen molar-refractivity contribution in [3.8, 4) is 17.0 Å². The molecule has 0 aliphatic carbocycles. The van der Waals surface area contributed by atoms with E-state index in [0.717, 1.165) is 22.2 Å². The zero-order chi connectivity index (χ0) is 29.9. The summed E-state index contributed by atoms with van der Waals surface area (Å²) in [5.74, 6) is 0.739. The van der Waals surface area contributed by atoms with Gasteiger partial charge in [0.2, 0.25) is 10.0 Å². The lowest BCUT2D eigenvalue weighted by Crippen LogP contribution is -2.35. The molecule has 3 aromatic carbocycles. The van der Waals surface area contributed by atoms with E-state index in [2.05, 4.69) is 15.3 Å². The highest BCUT2D eigenvalue weighted by molar-refractivity contribution is 7.89. The molecular formula is C30H29ClFN5O3S2. The predicted molar refractivity (Wildman–Crippen MR) is 166 cm³/mol. The van der Waals surface area contributed by atoms with Crippen molar-refractivity contribution >= 4 is 55.4 Å². The van der Waals surface area contributed by atoms with Crippen LogP contribution in [0.2, 0.25) is 5.02 Å². The molecule has 0 aliphatic rings. The van der Waals surface area contributed by atoms with E-state index >= 15 is 0 Å². The molecule has 218 valence electrons. The minimum absolute atomic E-state index is 0.186. The van der Waals surface area contributed by atoms with Crippen molar-refractivity contribution in [2.75, 3.05) is 11.9 Å². The van der Waals surface area contributed by atoms with E-state index in [1.54, 1.807) is 38.1 Å². The van der Waals surface area contributed by atoms with Gasteiger partial charge in [-0.2, -0.15) is 4.31 Å². The molecule has 0 atom stereocenters. The molecule has 0 spiro atoms. The van der Waals surface area contributed by atoms with Gasteiger partial charge in [-0.05, 0) is 61.9 Å². The van der Waals surface area contributed by atoms with Gasteiger partial charge in [-0.15, -0.1) is 11.3 Å². The largest absolute Gasteiger partial charge is 0.487 e. The summed E-state index contributed by atoms with van der Waals surface area (Å²) in [4.78, 5) is 13.6. The Morgan fingerprint density at radius 1 is 1.10 bits per heavy atom. The number of hydrogen-bond donors (Lipinski definition) is 1. The van der Waals surface area contributed by atoms with Crippen molar-refractivity contribution in [3.63, 3.8) is 0 Å². The number of fused-ring (bicyclic) bond motifs is 1. The molecule has 0 aliphatic heterocycles. The predicted octanol–water partition coefficient (Wildman–Crippen LogP) is 7.43. The van der Waals surface area contributed by atoms with Gasteiger partial charge in [-0.3, -0.25) is 0 Å². The number of nitrogens with zero attached hydrogens (tertiary/aromatic N) is 4. The van der Waals surface area contributed by atoms with Gasteiger partial charge in [0.15, 0.2) is 0 Å². The standard InChI is InChI=1S/C30H29ClFN5O3S2/c1-4-37(42(38,39)19(2)3)15-29-36-27(17-41-29)21-8-10-26-24(13-21)30(34-18-33-26)35-23-9-11-28(25(31)14-23)40-16-20-6-5-7-22(32)12-20/h5-14,17-19H,4,15-16H2,1-3H3,(H,33,34,35). The molecule has 2 heterocycles. The van der Waals surface area contributed by atoms with Crippen molar-refractivity contribution < 1.29 is 17.5 Å². The molecule has 0 unspecified atom stereocenters. The molecule has 0 saturated carbocycles. The van der Waals surface area contributed by atoms with Crippen LogP contribution in [-0.4, -0.2) is 39.5 Å². The summed E-state index contributed by atoms with van der Waals surface area (Å²) in [6.45, 7) is 5.98. The van der Waals surface area contributed by atoms with Crippen LogP contribution in [0.15, 0.2) is 72.4 Å². The Kier molecular flexibility index (Phi) is 9.02. The van der Waals surface area contributed by atoms with Crippen LogP contribution in [0.3, 0.4) is 0 Å². The maximum atomic E-state index is 13.5. The number of nitrogens with one attached hydrogen (secondary N) is 1. The minimum atomic E-state index is -3.39. The highest BCUT2D eigenvalue weighted by Gasteiger charge is 2.25. The summed E-state index contributed by atoms with van der Waals surface area (Å²) < 4.78 is 46.1. The average Bonchev–Trinajstić information content (AvgIpc) is 3.44. The lowest BCUT2D eigenvalue weighted by Gasteiger charge is -2.21. The monoisotopic (exact) mass is 625 g/mol. The fourth-order valence-electron chi connectivity index (χ4n) is 4.28. The van der Waals surface area contributed by atoms with Gasteiger partial charge in [0.05, 0.1) is 28.0 Å². The zero-order valence-electron chi connectivity index (χ0n) is 23.2. The third-order valence-electron chi connectivity index (χ3n) is 6.58. The van der Waals surface area contributed by atoms with Crippen LogP contribution in [0.1, 0.15) is 31.3 Å². The van der Waals surface area contributed by atoms with Gasteiger partial charge >= 0.3 is 0 Å². The number of ether oxygens (including phenoxy) is 1. The molecule has 12 heteroatoms. The molecule has 0 radical (unpaired) electrons. The van der Waals surface area contributed by atoms with E-state index in [9.17, 15) is 12.8 Å².